The first-order chi connectivity index (χ1) is 8.04. The molecule has 0 aliphatic rings. The number of benzene rings is 1. The molecule has 0 saturated carbocycles. The zero-order valence-corrected chi connectivity index (χ0v) is 11.2. The van der Waals surface area contributed by atoms with Crippen LogP contribution in [0.4, 0.5) is 5.69 Å². The summed E-state index contributed by atoms with van der Waals surface area (Å²) in [6, 6.07) is 7.47. The molecule has 0 atom stereocenters. The van der Waals surface area contributed by atoms with E-state index in [1.54, 1.807) is 12.1 Å². The van der Waals surface area contributed by atoms with Crippen LogP contribution in [-0.2, 0) is 4.74 Å². The molecule has 0 aliphatic heterocycles. The number of hydrogen-bond donors (Lipinski definition) is 0. The Bertz CT molecular complexity index is 412. The SMILES string of the molecule is CC(C)OCCN(C)c1ccc(C#N)c(Cl)c1. The minimum absolute atomic E-state index is 0.243. The van der Waals surface area contributed by atoms with Crippen molar-refractivity contribution >= 4 is 17.3 Å². The molecule has 0 bridgehead atoms. The van der Waals surface area contributed by atoms with Gasteiger partial charge in [0.2, 0.25) is 0 Å². The average Bonchev–Trinajstić information content (AvgIpc) is 2.28. The van der Waals surface area contributed by atoms with Gasteiger partial charge in [-0.15, -0.1) is 0 Å². The smallest absolute Gasteiger partial charge is 0.101 e. The van der Waals surface area contributed by atoms with E-state index in [1.165, 1.54) is 0 Å². The third kappa shape index (κ3) is 4.26. The van der Waals surface area contributed by atoms with Crippen LogP contribution in [0.25, 0.3) is 0 Å². The summed E-state index contributed by atoms with van der Waals surface area (Å²) in [6.45, 7) is 5.49. The summed E-state index contributed by atoms with van der Waals surface area (Å²) in [5.41, 5.74) is 1.49. The lowest BCUT2D eigenvalue weighted by Gasteiger charge is -2.20. The van der Waals surface area contributed by atoms with Crippen molar-refractivity contribution in [1.29, 1.82) is 5.26 Å². The quantitative estimate of drug-likeness (QED) is 0.808. The summed E-state index contributed by atoms with van der Waals surface area (Å²) in [4.78, 5) is 2.05. The number of nitriles is 1. The first-order valence-corrected chi connectivity index (χ1v) is 5.94. The molecular formula is C13H17ClN2O. The lowest BCUT2D eigenvalue weighted by Crippen LogP contribution is -2.23. The van der Waals surface area contributed by atoms with Crippen LogP contribution >= 0.6 is 11.6 Å². The average molecular weight is 253 g/mol. The Morgan fingerprint density at radius 2 is 2.18 bits per heavy atom. The number of hydrogen-bond acceptors (Lipinski definition) is 3. The first kappa shape index (κ1) is 13.8. The lowest BCUT2D eigenvalue weighted by atomic mass is 10.2. The normalized spacial score (nSPS) is 10.4. The highest BCUT2D eigenvalue weighted by molar-refractivity contribution is 6.32. The molecule has 0 radical (unpaired) electrons. The zero-order valence-electron chi connectivity index (χ0n) is 10.4. The molecule has 0 amide bonds. The van der Waals surface area contributed by atoms with E-state index in [1.807, 2.05) is 33.0 Å². The minimum Gasteiger partial charge on any atom is -0.377 e. The molecule has 0 aromatic heterocycles. The fourth-order valence-electron chi connectivity index (χ4n) is 1.39. The van der Waals surface area contributed by atoms with Gasteiger partial charge in [0.25, 0.3) is 0 Å². The van der Waals surface area contributed by atoms with Gasteiger partial charge in [0.15, 0.2) is 0 Å². The minimum atomic E-state index is 0.243. The largest absolute Gasteiger partial charge is 0.377 e. The second-order valence-corrected chi connectivity index (χ2v) is 4.52. The summed E-state index contributed by atoms with van der Waals surface area (Å²) < 4.78 is 5.48. The highest BCUT2D eigenvalue weighted by atomic mass is 35.5. The Kier molecular flexibility index (Phi) is 5.27. The second kappa shape index (κ2) is 6.48. The van der Waals surface area contributed by atoms with E-state index in [4.69, 9.17) is 21.6 Å². The Balaban J connectivity index is 2.61. The molecule has 3 nitrogen and oxygen atoms in total. The maximum Gasteiger partial charge on any atom is 0.101 e. The van der Waals surface area contributed by atoms with Crippen LogP contribution < -0.4 is 4.90 Å². The van der Waals surface area contributed by atoms with Crippen molar-refractivity contribution in [2.75, 3.05) is 25.1 Å². The van der Waals surface area contributed by atoms with Crippen molar-refractivity contribution in [1.82, 2.24) is 0 Å². The Labute approximate surface area is 108 Å². The molecule has 92 valence electrons. The third-order valence-corrected chi connectivity index (χ3v) is 2.70. The summed E-state index contributed by atoms with van der Waals surface area (Å²) in [5.74, 6) is 0. The molecule has 4 heteroatoms. The Morgan fingerprint density at radius 3 is 2.71 bits per heavy atom. The van der Waals surface area contributed by atoms with E-state index in [2.05, 4.69) is 4.90 Å². The van der Waals surface area contributed by atoms with Gasteiger partial charge < -0.3 is 9.64 Å². The standard InChI is InChI=1S/C13H17ClN2O/c1-10(2)17-7-6-16(3)12-5-4-11(9-15)13(14)8-12/h4-5,8,10H,6-7H2,1-3H3. The van der Waals surface area contributed by atoms with Crippen LogP contribution in [0.3, 0.4) is 0 Å². The lowest BCUT2D eigenvalue weighted by molar-refractivity contribution is 0.0846. The number of rotatable bonds is 5. The maximum absolute atomic E-state index is 8.78. The highest BCUT2D eigenvalue weighted by Gasteiger charge is 2.05. The molecule has 0 fully saturated rings. The Morgan fingerprint density at radius 1 is 1.47 bits per heavy atom. The number of halogens is 1. The van der Waals surface area contributed by atoms with Gasteiger partial charge in [-0.3, -0.25) is 0 Å². The zero-order chi connectivity index (χ0) is 12.8. The summed E-state index contributed by atoms with van der Waals surface area (Å²) in [7, 11) is 1.97. The first-order valence-electron chi connectivity index (χ1n) is 5.57. The van der Waals surface area contributed by atoms with Gasteiger partial charge >= 0.3 is 0 Å². The molecule has 0 aliphatic carbocycles. The van der Waals surface area contributed by atoms with Crippen LogP contribution in [0.1, 0.15) is 19.4 Å². The molecule has 1 rings (SSSR count). The summed E-state index contributed by atoms with van der Waals surface area (Å²) in [5, 5.41) is 9.27. The molecule has 0 heterocycles. The maximum atomic E-state index is 8.78. The van der Waals surface area contributed by atoms with Crippen LogP contribution in [0.15, 0.2) is 18.2 Å². The molecule has 1 aromatic carbocycles. The van der Waals surface area contributed by atoms with E-state index in [9.17, 15) is 0 Å². The number of ether oxygens (including phenoxy) is 1. The Hall–Kier alpha value is -1.24. The van der Waals surface area contributed by atoms with E-state index in [-0.39, 0.29) is 6.10 Å². The monoisotopic (exact) mass is 252 g/mol. The molecule has 0 unspecified atom stereocenters. The summed E-state index contributed by atoms with van der Waals surface area (Å²) in [6.07, 6.45) is 0.243. The molecule has 1 aromatic rings. The highest BCUT2D eigenvalue weighted by Crippen LogP contribution is 2.22. The second-order valence-electron chi connectivity index (χ2n) is 4.12. The molecule has 17 heavy (non-hydrogen) atoms. The topological polar surface area (TPSA) is 36.3 Å². The fourth-order valence-corrected chi connectivity index (χ4v) is 1.60. The third-order valence-electron chi connectivity index (χ3n) is 2.39. The summed E-state index contributed by atoms with van der Waals surface area (Å²) >= 11 is 5.98. The predicted octanol–water partition coefficient (Wildman–Crippen LogP) is 3.07. The molecular weight excluding hydrogens is 236 g/mol. The van der Waals surface area contributed by atoms with E-state index < -0.39 is 0 Å². The number of nitrogens with zero attached hydrogens (tertiary/aromatic N) is 2. The van der Waals surface area contributed by atoms with Crippen LogP contribution in [-0.4, -0.2) is 26.3 Å². The van der Waals surface area contributed by atoms with Gasteiger partial charge in [-0.2, -0.15) is 5.26 Å². The molecule has 0 saturated heterocycles. The van der Waals surface area contributed by atoms with Gasteiger partial charge in [-0.1, -0.05) is 11.6 Å². The molecule has 0 spiro atoms. The van der Waals surface area contributed by atoms with Crippen molar-refractivity contribution in [3.8, 4) is 6.07 Å². The van der Waals surface area contributed by atoms with Gasteiger partial charge in [-0.25, -0.2) is 0 Å². The van der Waals surface area contributed by atoms with Crippen LogP contribution in [0.2, 0.25) is 5.02 Å². The van der Waals surface area contributed by atoms with Gasteiger partial charge in [0, 0.05) is 19.3 Å². The van der Waals surface area contributed by atoms with Crippen molar-refractivity contribution in [2.24, 2.45) is 0 Å². The fraction of sp³-hybridized carbons (Fsp3) is 0.462. The van der Waals surface area contributed by atoms with Crippen molar-refractivity contribution in [3.63, 3.8) is 0 Å². The van der Waals surface area contributed by atoms with Crippen molar-refractivity contribution in [2.45, 2.75) is 20.0 Å². The van der Waals surface area contributed by atoms with E-state index in [0.29, 0.717) is 17.2 Å². The van der Waals surface area contributed by atoms with Gasteiger partial charge in [0.1, 0.15) is 6.07 Å². The van der Waals surface area contributed by atoms with Crippen molar-refractivity contribution in [3.05, 3.63) is 28.8 Å². The van der Waals surface area contributed by atoms with Gasteiger partial charge in [-0.05, 0) is 32.0 Å². The number of anilines is 1. The molecule has 0 N–H and O–H groups in total. The van der Waals surface area contributed by atoms with Crippen molar-refractivity contribution < 1.29 is 4.74 Å². The van der Waals surface area contributed by atoms with E-state index >= 15 is 0 Å². The van der Waals surface area contributed by atoms with Crippen LogP contribution in [0.5, 0.6) is 0 Å². The predicted molar refractivity (Wildman–Crippen MR) is 70.5 cm³/mol. The number of likely N-dealkylation sites (N-methyl/N-ethyl adjacent to an activating group) is 1. The van der Waals surface area contributed by atoms with Gasteiger partial charge in [0.05, 0.1) is 23.3 Å². The van der Waals surface area contributed by atoms with E-state index in [0.717, 1.165) is 12.2 Å². The van der Waals surface area contributed by atoms with Crippen LogP contribution in [0, 0.1) is 11.3 Å².